The number of aliphatic hydroxyl groups excluding tert-OH is 1. The average Bonchev–Trinajstić information content (AvgIpc) is 2.50. The van der Waals surface area contributed by atoms with Crippen LogP contribution >= 0.6 is 41.6 Å². The van der Waals surface area contributed by atoms with Crippen molar-refractivity contribution in [3.05, 3.63) is 68.3 Å². The van der Waals surface area contributed by atoms with Crippen LogP contribution in [0.15, 0.2) is 48.5 Å². The Balaban J connectivity index is 1.78. The van der Waals surface area contributed by atoms with Crippen LogP contribution in [-0.4, -0.2) is 28.8 Å². The van der Waals surface area contributed by atoms with Crippen molar-refractivity contribution in [2.24, 2.45) is 0 Å². The molecule has 0 aliphatic carbocycles. The van der Waals surface area contributed by atoms with Gasteiger partial charge in [0.2, 0.25) is 7.37 Å². The molecule has 0 radical (unpaired) electrons. The minimum absolute atomic E-state index is 0.0836. The Bertz CT molecular complexity index is 714. The summed E-state index contributed by atoms with van der Waals surface area (Å²) in [6, 6.07) is 14.9. The fourth-order valence-corrected chi connectivity index (χ4v) is 4.76. The van der Waals surface area contributed by atoms with Gasteiger partial charge in [-0.15, -0.1) is 0 Å². The van der Waals surface area contributed by atoms with Gasteiger partial charge in [-0.25, -0.2) is 0 Å². The maximum Gasteiger partial charge on any atom is 0.207 e. The predicted octanol–water partition coefficient (Wildman–Crippen LogP) is 3.87. The highest BCUT2D eigenvalue weighted by molar-refractivity contribution is 14.1. The first kappa shape index (κ1) is 19.9. The summed E-state index contributed by atoms with van der Waals surface area (Å²) in [5.41, 5.74) is 1.85. The summed E-state index contributed by atoms with van der Waals surface area (Å²) in [4.78, 5) is 10.1. The van der Waals surface area contributed by atoms with Crippen molar-refractivity contribution >= 4 is 41.6 Å². The smallest absolute Gasteiger partial charge is 0.207 e. The first-order valence-electron chi connectivity index (χ1n) is 7.53. The molecule has 4 nitrogen and oxygen atoms in total. The molecule has 0 amide bonds. The van der Waals surface area contributed by atoms with E-state index >= 15 is 0 Å². The number of rotatable bonds is 8. The molecule has 0 saturated heterocycles. The van der Waals surface area contributed by atoms with Gasteiger partial charge in [-0.1, -0.05) is 48.0 Å². The van der Waals surface area contributed by atoms with Gasteiger partial charge in [-0.3, -0.25) is 4.57 Å². The van der Waals surface area contributed by atoms with Crippen LogP contribution in [0.1, 0.15) is 11.1 Å². The molecule has 1 unspecified atom stereocenters. The van der Waals surface area contributed by atoms with Crippen molar-refractivity contribution in [1.29, 1.82) is 0 Å². The van der Waals surface area contributed by atoms with Crippen molar-refractivity contribution in [2.75, 3.05) is 12.7 Å². The van der Waals surface area contributed by atoms with Crippen LogP contribution in [0.25, 0.3) is 0 Å². The van der Waals surface area contributed by atoms with Gasteiger partial charge in [0.1, 0.15) is 0 Å². The molecule has 2 rings (SSSR count). The summed E-state index contributed by atoms with van der Waals surface area (Å²) < 4.78 is 13.2. The van der Waals surface area contributed by atoms with Gasteiger partial charge >= 0.3 is 0 Å². The van der Waals surface area contributed by atoms with Crippen molar-refractivity contribution in [3.8, 4) is 0 Å². The quantitative estimate of drug-likeness (QED) is 0.397. The van der Waals surface area contributed by atoms with Gasteiger partial charge in [-0.05, 0) is 45.9 Å². The minimum atomic E-state index is -3.41. The van der Waals surface area contributed by atoms with Gasteiger partial charge in [0.05, 0.1) is 17.3 Å². The molecular formula is C17H20ClINO3P. The van der Waals surface area contributed by atoms with Crippen LogP contribution in [0, 0.1) is 3.57 Å². The van der Waals surface area contributed by atoms with Gasteiger partial charge in [0.25, 0.3) is 0 Å². The van der Waals surface area contributed by atoms with E-state index in [-0.39, 0.29) is 18.9 Å². The van der Waals surface area contributed by atoms with Crippen molar-refractivity contribution < 1.29 is 14.6 Å². The molecule has 2 aromatic rings. The summed E-state index contributed by atoms with van der Waals surface area (Å²) >= 11 is 8.14. The Morgan fingerprint density at radius 3 is 2.54 bits per heavy atom. The van der Waals surface area contributed by atoms with Gasteiger partial charge < -0.3 is 15.3 Å². The Morgan fingerprint density at radius 1 is 1.17 bits per heavy atom. The third kappa shape index (κ3) is 6.82. The second-order valence-corrected chi connectivity index (χ2v) is 9.65. The second kappa shape index (κ2) is 9.32. The van der Waals surface area contributed by atoms with Crippen LogP contribution in [0.3, 0.4) is 0 Å². The number of halogens is 2. The molecule has 0 heterocycles. The fourth-order valence-electron chi connectivity index (χ4n) is 2.36. The van der Waals surface area contributed by atoms with Crippen LogP contribution in [0.5, 0.6) is 0 Å². The van der Waals surface area contributed by atoms with Crippen LogP contribution in [0.2, 0.25) is 5.02 Å². The summed E-state index contributed by atoms with van der Waals surface area (Å²) in [7, 11) is -3.41. The van der Waals surface area contributed by atoms with E-state index in [0.717, 1.165) is 14.7 Å². The normalized spacial score (nSPS) is 15.0. The van der Waals surface area contributed by atoms with Crippen LogP contribution < -0.4 is 5.32 Å². The Morgan fingerprint density at radius 2 is 1.88 bits per heavy atom. The van der Waals surface area contributed by atoms with E-state index in [0.29, 0.717) is 11.6 Å². The number of aliphatic hydroxyl groups is 1. The topological polar surface area (TPSA) is 69.6 Å². The van der Waals surface area contributed by atoms with E-state index in [1.165, 1.54) is 0 Å². The maximum atomic E-state index is 12.3. The van der Waals surface area contributed by atoms with Crippen molar-refractivity contribution in [2.45, 2.75) is 18.8 Å². The highest BCUT2D eigenvalue weighted by Gasteiger charge is 2.23. The minimum Gasteiger partial charge on any atom is -0.391 e. The number of nitrogens with one attached hydrogen (secondary N) is 1. The molecule has 0 saturated carbocycles. The van der Waals surface area contributed by atoms with E-state index in [1.54, 1.807) is 0 Å². The van der Waals surface area contributed by atoms with E-state index in [2.05, 4.69) is 27.9 Å². The van der Waals surface area contributed by atoms with Gasteiger partial charge in [0.15, 0.2) is 0 Å². The SMILES string of the molecule is O=P(O)(Cc1ccccc1)C[C@H](O)CNCc1ccc(Cl)c(I)c1. The Labute approximate surface area is 160 Å². The zero-order valence-electron chi connectivity index (χ0n) is 13.0. The van der Waals surface area contributed by atoms with E-state index in [4.69, 9.17) is 11.6 Å². The third-order valence-corrected chi connectivity index (χ3v) is 6.85. The average molecular weight is 480 g/mol. The molecule has 130 valence electrons. The van der Waals surface area contributed by atoms with Crippen LogP contribution in [0.4, 0.5) is 0 Å². The lowest BCUT2D eigenvalue weighted by molar-refractivity contribution is 0.190. The lowest BCUT2D eigenvalue weighted by Gasteiger charge is -2.17. The molecule has 0 aliphatic heterocycles. The number of hydrogen-bond donors (Lipinski definition) is 3. The maximum absolute atomic E-state index is 12.3. The van der Waals surface area contributed by atoms with E-state index in [9.17, 15) is 14.6 Å². The largest absolute Gasteiger partial charge is 0.391 e. The molecule has 0 bridgehead atoms. The van der Waals surface area contributed by atoms with E-state index in [1.807, 2.05) is 48.5 Å². The zero-order chi connectivity index (χ0) is 17.6. The molecule has 0 fully saturated rings. The first-order chi connectivity index (χ1) is 11.4. The molecule has 24 heavy (non-hydrogen) atoms. The summed E-state index contributed by atoms with van der Waals surface area (Å²) in [6.45, 7) is 0.831. The fraction of sp³-hybridized carbons (Fsp3) is 0.294. The summed E-state index contributed by atoms with van der Waals surface area (Å²) in [5, 5.41) is 13.8. The highest BCUT2D eigenvalue weighted by Crippen LogP contribution is 2.44. The molecule has 2 aromatic carbocycles. The monoisotopic (exact) mass is 479 g/mol. The number of hydrogen-bond acceptors (Lipinski definition) is 3. The second-order valence-electron chi connectivity index (χ2n) is 5.71. The predicted molar refractivity (Wildman–Crippen MR) is 107 cm³/mol. The standard InChI is InChI=1S/C17H20ClINO3P/c18-16-7-6-14(8-17(16)19)9-20-10-15(21)12-24(22,23)11-13-4-2-1-3-5-13/h1-8,15,20-21H,9-12H2,(H,22,23)/t15-/m1/s1. The lowest BCUT2D eigenvalue weighted by atomic mass is 10.2. The molecule has 0 aliphatic rings. The van der Waals surface area contributed by atoms with Crippen LogP contribution in [-0.2, 0) is 17.3 Å². The molecule has 3 N–H and O–H groups in total. The Kier molecular flexibility index (Phi) is 7.72. The third-order valence-electron chi connectivity index (χ3n) is 3.46. The molecule has 7 heteroatoms. The molecular weight excluding hydrogens is 460 g/mol. The first-order valence-corrected chi connectivity index (χ1v) is 11.0. The lowest BCUT2D eigenvalue weighted by Crippen LogP contribution is -2.29. The van der Waals surface area contributed by atoms with Gasteiger partial charge in [-0.2, -0.15) is 0 Å². The van der Waals surface area contributed by atoms with E-state index < -0.39 is 13.5 Å². The van der Waals surface area contributed by atoms with Gasteiger partial charge in [0, 0.05) is 22.8 Å². The number of benzene rings is 2. The van der Waals surface area contributed by atoms with Crippen molar-refractivity contribution in [3.63, 3.8) is 0 Å². The van der Waals surface area contributed by atoms with Crippen molar-refractivity contribution in [1.82, 2.24) is 5.32 Å². The molecule has 0 spiro atoms. The molecule has 2 atom stereocenters. The summed E-state index contributed by atoms with van der Waals surface area (Å²) in [6.07, 6.45) is -0.899. The zero-order valence-corrected chi connectivity index (χ0v) is 16.8. The summed E-state index contributed by atoms with van der Waals surface area (Å²) in [5.74, 6) is 0. The highest BCUT2D eigenvalue weighted by atomic mass is 127. The Hall–Kier alpha value is -0.430. The molecule has 0 aromatic heterocycles.